The molecule has 14 heavy (non-hydrogen) atoms. The summed E-state index contributed by atoms with van der Waals surface area (Å²) in [4.78, 5) is 11.0. The molecule has 0 aromatic rings. The van der Waals surface area contributed by atoms with Gasteiger partial charge in [-0.3, -0.25) is 4.79 Å². The molecule has 3 heteroatoms. The summed E-state index contributed by atoms with van der Waals surface area (Å²) in [6, 6.07) is -0.0344. The minimum Gasteiger partial charge on any atom is -0.466 e. The van der Waals surface area contributed by atoms with Crippen LogP contribution in [0.25, 0.3) is 0 Å². The molecule has 0 radical (unpaired) electrons. The second kappa shape index (κ2) is 7.80. The van der Waals surface area contributed by atoms with Crippen LogP contribution in [0, 0.1) is 5.92 Å². The minimum atomic E-state index is -0.176. The normalized spacial score (nSPS) is 12.9. The van der Waals surface area contributed by atoms with Gasteiger partial charge in [0.2, 0.25) is 0 Å². The Morgan fingerprint density at radius 3 is 2.50 bits per heavy atom. The van der Waals surface area contributed by atoms with Crippen LogP contribution in [-0.2, 0) is 9.53 Å². The molecule has 0 fully saturated rings. The highest BCUT2D eigenvalue weighted by atomic mass is 16.5. The highest BCUT2D eigenvalue weighted by molar-refractivity contribution is 5.70. The summed E-state index contributed by atoms with van der Waals surface area (Å²) in [7, 11) is 0. The van der Waals surface area contributed by atoms with Gasteiger partial charge in [0.1, 0.15) is 0 Å². The topological polar surface area (TPSA) is 52.3 Å². The van der Waals surface area contributed by atoms with E-state index in [1.165, 1.54) is 6.42 Å². The predicted molar refractivity (Wildman–Crippen MR) is 57.9 cm³/mol. The zero-order valence-corrected chi connectivity index (χ0v) is 9.58. The molecule has 0 aliphatic heterocycles. The first-order chi connectivity index (χ1) is 6.56. The van der Waals surface area contributed by atoms with Gasteiger partial charge in [0.25, 0.3) is 0 Å². The van der Waals surface area contributed by atoms with Crippen LogP contribution in [0.5, 0.6) is 0 Å². The predicted octanol–water partition coefficient (Wildman–Crippen LogP) is 2.09. The number of esters is 1. The molecule has 0 aromatic heterocycles. The number of nitrogens with two attached hydrogens (primary N) is 1. The maximum atomic E-state index is 11.0. The van der Waals surface area contributed by atoms with E-state index in [1.54, 1.807) is 0 Å². The third-order valence-corrected chi connectivity index (χ3v) is 2.09. The lowest BCUT2D eigenvalue weighted by Crippen LogP contribution is -2.24. The molecule has 1 unspecified atom stereocenters. The third kappa shape index (κ3) is 8.05. The van der Waals surface area contributed by atoms with Crippen molar-refractivity contribution in [3.05, 3.63) is 0 Å². The first-order valence-electron chi connectivity index (χ1n) is 5.47. The Morgan fingerprint density at radius 2 is 2.00 bits per heavy atom. The number of hydrogen-bond donors (Lipinski definition) is 1. The minimum absolute atomic E-state index is 0.0344. The molecule has 0 spiro atoms. The van der Waals surface area contributed by atoms with E-state index in [0.717, 1.165) is 12.8 Å². The molecule has 0 aromatic carbocycles. The molecule has 0 bridgehead atoms. The Labute approximate surface area is 87.0 Å². The standard InChI is InChI=1S/C11H23NO2/c1-4-14-11(13)8-10(12)7-5-6-9(2)3/h9-10H,4-8,12H2,1-3H3. The fraction of sp³-hybridized carbons (Fsp3) is 0.909. The first-order valence-corrected chi connectivity index (χ1v) is 5.47. The molecule has 0 rings (SSSR count). The lowest BCUT2D eigenvalue weighted by Gasteiger charge is -2.11. The molecule has 0 amide bonds. The molecule has 2 N–H and O–H groups in total. The van der Waals surface area contributed by atoms with Crippen molar-refractivity contribution in [3.63, 3.8) is 0 Å². The maximum Gasteiger partial charge on any atom is 0.307 e. The molecular formula is C11H23NO2. The van der Waals surface area contributed by atoms with Gasteiger partial charge in [-0.2, -0.15) is 0 Å². The van der Waals surface area contributed by atoms with Crippen LogP contribution in [0.2, 0.25) is 0 Å². The fourth-order valence-corrected chi connectivity index (χ4v) is 1.32. The smallest absolute Gasteiger partial charge is 0.307 e. The molecule has 0 saturated carbocycles. The summed E-state index contributed by atoms with van der Waals surface area (Å²) in [6.07, 6.45) is 3.54. The quantitative estimate of drug-likeness (QED) is 0.642. The average molecular weight is 201 g/mol. The molecule has 0 aliphatic rings. The Morgan fingerprint density at radius 1 is 1.36 bits per heavy atom. The highest BCUT2D eigenvalue weighted by Crippen LogP contribution is 2.09. The summed E-state index contributed by atoms with van der Waals surface area (Å²) >= 11 is 0. The largest absolute Gasteiger partial charge is 0.466 e. The number of hydrogen-bond acceptors (Lipinski definition) is 3. The highest BCUT2D eigenvalue weighted by Gasteiger charge is 2.09. The van der Waals surface area contributed by atoms with E-state index in [9.17, 15) is 4.79 Å². The van der Waals surface area contributed by atoms with Crippen LogP contribution in [0.1, 0.15) is 46.5 Å². The van der Waals surface area contributed by atoms with Gasteiger partial charge >= 0.3 is 5.97 Å². The van der Waals surface area contributed by atoms with Crippen molar-refractivity contribution in [3.8, 4) is 0 Å². The summed E-state index contributed by atoms with van der Waals surface area (Å²) in [5.41, 5.74) is 5.79. The van der Waals surface area contributed by atoms with Gasteiger partial charge in [-0.05, 0) is 19.3 Å². The van der Waals surface area contributed by atoms with Crippen LogP contribution in [-0.4, -0.2) is 18.6 Å². The van der Waals surface area contributed by atoms with Gasteiger partial charge in [0.15, 0.2) is 0 Å². The molecule has 0 saturated heterocycles. The van der Waals surface area contributed by atoms with Gasteiger partial charge in [-0.25, -0.2) is 0 Å². The van der Waals surface area contributed by atoms with Gasteiger partial charge in [0.05, 0.1) is 13.0 Å². The fourth-order valence-electron chi connectivity index (χ4n) is 1.32. The number of carbonyl (C=O) groups is 1. The molecular weight excluding hydrogens is 178 g/mol. The monoisotopic (exact) mass is 201 g/mol. The third-order valence-electron chi connectivity index (χ3n) is 2.09. The zero-order valence-electron chi connectivity index (χ0n) is 9.58. The van der Waals surface area contributed by atoms with E-state index in [0.29, 0.717) is 18.9 Å². The van der Waals surface area contributed by atoms with Gasteiger partial charge in [-0.15, -0.1) is 0 Å². The van der Waals surface area contributed by atoms with E-state index in [1.807, 2.05) is 6.92 Å². The van der Waals surface area contributed by atoms with Crippen molar-refractivity contribution in [1.29, 1.82) is 0 Å². The lowest BCUT2D eigenvalue weighted by molar-refractivity contribution is -0.143. The summed E-state index contributed by atoms with van der Waals surface area (Å²) in [5.74, 6) is 0.536. The lowest BCUT2D eigenvalue weighted by atomic mass is 10.0. The molecule has 0 aliphatic carbocycles. The Bertz CT molecular complexity index is 157. The number of rotatable bonds is 7. The van der Waals surface area contributed by atoms with Crippen molar-refractivity contribution in [1.82, 2.24) is 0 Å². The molecule has 84 valence electrons. The van der Waals surface area contributed by atoms with Crippen LogP contribution in [0.15, 0.2) is 0 Å². The van der Waals surface area contributed by atoms with Crippen molar-refractivity contribution in [2.75, 3.05) is 6.61 Å². The SMILES string of the molecule is CCOC(=O)CC(N)CCCC(C)C. The Hall–Kier alpha value is -0.570. The zero-order chi connectivity index (χ0) is 11.0. The molecule has 3 nitrogen and oxygen atoms in total. The Balaban J connectivity index is 3.44. The second-order valence-corrected chi connectivity index (χ2v) is 4.09. The molecule has 0 heterocycles. The van der Waals surface area contributed by atoms with Gasteiger partial charge < -0.3 is 10.5 Å². The van der Waals surface area contributed by atoms with E-state index >= 15 is 0 Å². The van der Waals surface area contributed by atoms with Crippen molar-refractivity contribution in [2.45, 2.75) is 52.5 Å². The van der Waals surface area contributed by atoms with Crippen molar-refractivity contribution < 1.29 is 9.53 Å². The first kappa shape index (κ1) is 13.4. The van der Waals surface area contributed by atoms with Crippen molar-refractivity contribution in [2.24, 2.45) is 11.7 Å². The van der Waals surface area contributed by atoms with Crippen LogP contribution in [0.4, 0.5) is 0 Å². The maximum absolute atomic E-state index is 11.0. The summed E-state index contributed by atoms with van der Waals surface area (Å²) in [5, 5.41) is 0. The molecule has 1 atom stereocenters. The Kier molecular flexibility index (Phi) is 7.48. The van der Waals surface area contributed by atoms with E-state index in [4.69, 9.17) is 10.5 Å². The van der Waals surface area contributed by atoms with Gasteiger partial charge in [0, 0.05) is 6.04 Å². The second-order valence-electron chi connectivity index (χ2n) is 4.09. The van der Waals surface area contributed by atoms with Crippen LogP contribution >= 0.6 is 0 Å². The van der Waals surface area contributed by atoms with Crippen molar-refractivity contribution >= 4 is 5.97 Å². The number of carbonyl (C=O) groups excluding carboxylic acids is 1. The van der Waals surface area contributed by atoms with E-state index in [-0.39, 0.29) is 12.0 Å². The van der Waals surface area contributed by atoms with Crippen LogP contribution in [0.3, 0.4) is 0 Å². The van der Waals surface area contributed by atoms with E-state index < -0.39 is 0 Å². The van der Waals surface area contributed by atoms with Crippen LogP contribution < -0.4 is 5.73 Å². The summed E-state index contributed by atoms with van der Waals surface area (Å²) in [6.45, 7) is 6.63. The average Bonchev–Trinajstić information content (AvgIpc) is 2.03. The summed E-state index contributed by atoms with van der Waals surface area (Å²) < 4.78 is 4.82. The number of ether oxygens (including phenoxy) is 1. The van der Waals surface area contributed by atoms with Gasteiger partial charge in [-0.1, -0.05) is 26.7 Å². The van der Waals surface area contributed by atoms with E-state index in [2.05, 4.69) is 13.8 Å².